The maximum absolute atomic E-state index is 13.2. The molecule has 1 heterocycles. The molecular weight excluding hydrogens is 467 g/mol. The Labute approximate surface area is 195 Å². The topological polar surface area (TPSA) is 121 Å². The summed E-state index contributed by atoms with van der Waals surface area (Å²) in [5.41, 5.74) is 1.33. The van der Waals surface area contributed by atoms with Gasteiger partial charge in [-0.1, -0.05) is 65.8 Å². The third-order valence-electron chi connectivity index (χ3n) is 4.26. The number of esters is 1. The van der Waals surface area contributed by atoms with E-state index in [0.717, 1.165) is 22.7 Å². The van der Waals surface area contributed by atoms with Crippen LogP contribution in [0.4, 0.5) is 5.13 Å². The molecule has 2 aromatic carbocycles. The molecule has 1 N–H and O–H groups in total. The number of aromatic nitrogens is 2. The number of anilines is 1. The van der Waals surface area contributed by atoms with E-state index < -0.39 is 19.8 Å². The SMILES string of the molecule is CCO/N=C(\C(=O)OC(c1ccccc1)c1ccccc1)c1nsc(NP(=O)(OC)OC)n1. The highest BCUT2D eigenvalue weighted by Crippen LogP contribution is 2.46. The van der Waals surface area contributed by atoms with Crippen LogP contribution in [0.5, 0.6) is 0 Å². The van der Waals surface area contributed by atoms with E-state index in [0.29, 0.717) is 0 Å². The van der Waals surface area contributed by atoms with Gasteiger partial charge in [-0.05, 0) is 18.1 Å². The number of rotatable bonds is 11. The maximum Gasteiger partial charge on any atom is 0.434 e. The van der Waals surface area contributed by atoms with Crippen LogP contribution in [-0.4, -0.2) is 41.9 Å². The summed E-state index contributed by atoms with van der Waals surface area (Å²) in [6.07, 6.45) is -0.690. The monoisotopic (exact) mass is 490 g/mol. The summed E-state index contributed by atoms with van der Waals surface area (Å²) in [7, 11) is -1.14. The van der Waals surface area contributed by atoms with E-state index in [-0.39, 0.29) is 23.3 Å². The molecule has 33 heavy (non-hydrogen) atoms. The molecule has 0 atom stereocenters. The summed E-state index contributed by atoms with van der Waals surface area (Å²) in [5.74, 6) is -0.841. The molecule has 0 radical (unpaired) electrons. The molecule has 0 unspecified atom stereocenters. The van der Waals surface area contributed by atoms with Crippen molar-refractivity contribution in [3.05, 3.63) is 77.6 Å². The van der Waals surface area contributed by atoms with Crippen molar-refractivity contribution in [3.8, 4) is 0 Å². The van der Waals surface area contributed by atoms with Crippen LogP contribution in [0.15, 0.2) is 65.8 Å². The second-order valence-electron chi connectivity index (χ2n) is 6.36. The molecule has 12 heteroatoms. The summed E-state index contributed by atoms with van der Waals surface area (Å²) in [5, 5.41) is 6.50. The van der Waals surface area contributed by atoms with Gasteiger partial charge in [-0.3, -0.25) is 14.1 Å². The van der Waals surface area contributed by atoms with Gasteiger partial charge in [0.25, 0.3) is 0 Å². The molecule has 0 aliphatic carbocycles. The van der Waals surface area contributed by atoms with Crippen molar-refractivity contribution in [1.82, 2.24) is 9.36 Å². The molecule has 0 amide bonds. The van der Waals surface area contributed by atoms with Crippen molar-refractivity contribution in [2.45, 2.75) is 13.0 Å². The van der Waals surface area contributed by atoms with Gasteiger partial charge in [-0.25, -0.2) is 9.36 Å². The predicted octanol–water partition coefficient (Wildman–Crippen LogP) is 4.42. The first-order valence-corrected chi connectivity index (χ1v) is 12.2. The lowest BCUT2D eigenvalue weighted by Crippen LogP contribution is -2.23. The van der Waals surface area contributed by atoms with E-state index in [1.165, 1.54) is 14.2 Å². The molecule has 0 spiro atoms. The Bertz CT molecular complexity index is 1080. The fourth-order valence-electron chi connectivity index (χ4n) is 2.69. The van der Waals surface area contributed by atoms with Gasteiger partial charge in [0.15, 0.2) is 6.10 Å². The largest absolute Gasteiger partial charge is 0.448 e. The van der Waals surface area contributed by atoms with E-state index in [1.54, 1.807) is 6.92 Å². The van der Waals surface area contributed by atoms with E-state index in [2.05, 4.69) is 19.6 Å². The lowest BCUT2D eigenvalue weighted by atomic mass is 10.0. The second-order valence-corrected chi connectivity index (χ2v) is 9.06. The maximum atomic E-state index is 13.2. The zero-order valence-corrected chi connectivity index (χ0v) is 19.9. The van der Waals surface area contributed by atoms with Crippen LogP contribution in [0, 0.1) is 0 Å². The summed E-state index contributed by atoms with van der Waals surface area (Å²) >= 11 is 0.849. The van der Waals surface area contributed by atoms with E-state index in [4.69, 9.17) is 18.6 Å². The van der Waals surface area contributed by atoms with Crippen molar-refractivity contribution in [3.63, 3.8) is 0 Å². The van der Waals surface area contributed by atoms with E-state index in [1.807, 2.05) is 60.7 Å². The summed E-state index contributed by atoms with van der Waals surface area (Å²) in [6.45, 7) is 1.94. The molecule has 0 aliphatic rings. The third-order valence-corrected chi connectivity index (χ3v) is 6.49. The Morgan fingerprint density at radius 2 is 1.64 bits per heavy atom. The average Bonchev–Trinajstić information content (AvgIpc) is 3.31. The number of ether oxygens (including phenoxy) is 1. The van der Waals surface area contributed by atoms with Crippen molar-refractivity contribution in [2.24, 2.45) is 5.16 Å². The van der Waals surface area contributed by atoms with E-state index in [9.17, 15) is 9.36 Å². The lowest BCUT2D eigenvalue weighted by Gasteiger charge is -2.18. The Kier molecular flexibility index (Phi) is 8.67. The summed E-state index contributed by atoms with van der Waals surface area (Å²) < 4.78 is 31.9. The predicted molar refractivity (Wildman–Crippen MR) is 124 cm³/mol. The molecule has 174 valence electrons. The average molecular weight is 490 g/mol. The zero-order valence-electron chi connectivity index (χ0n) is 18.2. The van der Waals surface area contributed by atoms with Gasteiger partial charge >= 0.3 is 13.7 Å². The molecule has 0 saturated heterocycles. The molecule has 0 bridgehead atoms. The van der Waals surface area contributed by atoms with Crippen LogP contribution < -0.4 is 5.09 Å². The van der Waals surface area contributed by atoms with Gasteiger partial charge in [0, 0.05) is 25.8 Å². The van der Waals surface area contributed by atoms with Crippen LogP contribution >= 0.6 is 19.3 Å². The van der Waals surface area contributed by atoms with Gasteiger partial charge < -0.3 is 9.57 Å². The van der Waals surface area contributed by atoms with Gasteiger partial charge in [0.1, 0.15) is 6.61 Å². The zero-order chi connectivity index (χ0) is 23.7. The highest BCUT2D eigenvalue weighted by atomic mass is 32.1. The van der Waals surface area contributed by atoms with E-state index >= 15 is 0 Å². The highest BCUT2D eigenvalue weighted by molar-refractivity contribution is 7.55. The Morgan fingerprint density at radius 3 is 2.15 bits per heavy atom. The van der Waals surface area contributed by atoms with Crippen molar-refractivity contribution >= 4 is 36.1 Å². The van der Waals surface area contributed by atoms with Crippen LogP contribution in [-0.2, 0) is 28.0 Å². The Morgan fingerprint density at radius 1 is 1.06 bits per heavy atom. The molecule has 3 rings (SSSR count). The smallest absolute Gasteiger partial charge is 0.434 e. The minimum absolute atomic E-state index is 0.0559. The molecular formula is C21H23N4O6PS. The number of nitrogens with zero attached hydrogens (tertiary/aromatic N) is 3. The quantitative estimate of drug-likeness (QED) is 0.180. The molecule has 10 nitrogen and oxygen atoms in total. The fourth-order valence-corrected chi connectivity index (χ4v) is 4.24. The standard InChI is InChI=1S/C21H23N4O6PS/c1-4-30-23-17(19-22-21(33-25-19)24-32(27,28-2)29-3)20(26)31-18(15-11-7-5-8-12-15)16-13-9-6-10-14-16/h5-14,18H,4H2,1-3H3,(H,22,24,25,27)/b23-17-. The molecule has 0 fully saturated rings. The minimum Gasteiger partial charge on any atom is -0.448 e. The van der Waals surface area contributed by atoms with Crippen molar-refractivity contribution in [2.75, 3.05) is 25.9 Å². The first-order valence-electron chi connectivity index (χ1n) is 9.84. The summed E-state index contributed by atoms with van der Waals surface area (Å²) in [4.78, 5) is 22.5. The normalized spacial score (nSPS) is 11.9. The molecule has 0 aliphatic heterocycles. The number of hydrogen-bond acceptors (Lipinski definition) is 10. The van der Waals surface area contributed by atoms with Gasteiger partial charge in [-0.15, -0.1) is 0 Å². The number of oxime groups is 1. The fraction of sp³-hybridized carbons (Fsp3) is 0.238. The van der Waals surface area contributed by atoms with Crippen LogP contribution in [0.25, 0.3) is 0 Å². The second kappa shape index (κ2) is 11.7. The number of nitrogens with one attached hydrogen (secondary N) is 1. The van der Waals surface area contributed by atoms with Crippen LogP contribution in [0.3, 0.4) is 0 Å². The van der Waals surface area contributed by atoms with Gasteiger partial charge in [-0.2, -0.15) is 9.36 Å². The lowest BCUT2D eigenvalue weighted by molar-refractivity contribution is -0.139. The summed E-state index contributed by atoms with van der Waals surface area (Å²) in [6, 6.07) is 18.6. The first-order chi connectivity index (χ1) is 16.0. The number of hydrogen-bond donors (Lipinski definition) is 1. The number of carbonyl (C=O) groups excluding carboxylic acids is 1. The number of benzene rings is 2. The minimum atomic E-state index is -3.60. The Balaban J connectivity index is 1.90. The van der Waals surface area contributed by atoms with Gasteiger partial charge in [0.05, 0.1) is 0 Å². The number of carbonyl (C=O) groups is 1. The first kappa shape index (κ1) is 24.5. The Hall–Kier alpha value is -3.11. The molecule has 0 saturated carbocycles. The molecule has 3 aromatic rings. The highest BCUT2D eigenvalue weighted by Gasteiger charge is 2.29. The van der Waals surface area contributed by atoms with Crippen molar-refractivity contribution < 1.29 is 28.0 Å². The van der Waals surface area contributed by atoms with Gasteiger partial charge in [0.2, 0.25) is 16.7 Å². The third kappa shape index (κ3) is 6.45. The van der Waals surface area contributed by atoms with Crippen molar-refractivity contribution in [1.29, 1.82) is 0 Å². The molecule has 1 aromatic heterocycles. The van der Waals surface area contributed by atoms with Crippen LogP contribution in [0.1, 0.15) is 30.0 Å². The van der Waals surface area contributed by atoms with Crippen LogP contribution in [0.2, 0.25) is 0 Å².